The van der Waals surface area contributed by atoms with Gasteiger partial charge in [0.15, 0.2) is 7.28 Å². The van der Waals surface area contributed by atoms with Crippen LogP contribution in [0.5, 0.6) is 0 Å². The lowest BCUT2D eigenvalue weighted by molar-refractivity contribution is 0.590. The summed E-state index contributed by atoms with van der Waals surface area (Å²) in [6.45, 7) is 6.82. The van der Waals surface area contributed by atoms with Gasteiger partial charge in [-0.25, -0.2) is 0 Å². The maximum absolute atomic E-state index is 6.51. The highest BCUT2D eigenvalue weighted by molar-refractivity contribution is 7.26. The minimum absolute atomic E-state index is 0.0856. The Morgan fingerprint density at radius 1 is 0.552 bits per heavy atom. The number of furan rings is 1. The largest absolute Gasteiger partial charge is 0.456 e. The third-order valence-electron chi connectivity index (χ3n) is 12.6. The average molecular weight is 779 g/mol. The van der Waals surface area contributed by atoms with Gasteiger partial charge in [-0.05, 0) is 88.7 Å². The van der Waals surface area contributed by atoms with E-state index in [0.717, 1.165) is 35.2 Å². The normalized spacial score (nSPS) is 12.9. The van der Waals surface area contributed by atoms with Crippen LogP contribution in [0.15, 0.2) is 150 Å². The Balaban J connectivity index is 1.13. The standard InChI is InChI=1S/C52H35BN2OS2/c1-52(2,3)28-16-18-29(19-17-28)54-39-27-47-36(30-10-5-8-14-44(30)58-47)24-35(39)32-20-21-34-48-40(22-23-43-49(48)33-12-4-7-13-42(33)56-43)55-41-25-37-31-11-6-9-15-45(31)57-46(37)26-38(41)53-50(32)51(34)55/h4-27,53-54H,1-3H3. The molecule has 8 aromatic carbocycles. The van der Waals surface area contributed by atoms with Crippen molar-refractivity contribution in [3.8, 4) is 16.8 Å². The highest BCUT2D eigenvalue weighted by Crippen LogP contribution is 2.46. The van der Waals surface area contributed by atoms with Crippen molar-refractivity contribution in [1.82, 2.24) is 4.57 Å². The van der Waals surface area contributed by atoms with Crippen molar-refractivity contribution in [1.29, 1.82) is 0 Å². The molecule has 0 atom stereocenters. The molecule has 274 valence electrons. The Hall–Kier alpha value is -6.34. The molecular weight excluding hydrogens is 744 g/mol. The van der Waals surface area contributed by atoms with Crippen molar-refractivity contribution in [3.63, 3.8) is 0 Å². The molecule has 4 aromatic heterocycles. The lowest BCUT2D eigenvalue weighted by atomic mass is 9.59. The van der Waals surface area contributed by atoms with Gasteiger partial charge < -0.3 is 14.3 Å². The smallest absolute Gasteiger partial charge is 0.198 e. The van der Waals surface area contributed by atoms with Gasteiger partial charge in [-0.2, -0.15) is 0 Å². The van der Waals surface area contributed by atoms with Gasteiger partial charge in [0.25, 0.3) is 0 Å². The molecule has 1 aliphatic heterocycles. The van der Waals surface area contributed by atoms with Crippen LogP contribution >= 0.6 is 22.7 Å². The minimum Gasteiger partial charge on any atom is -0.456 e. The van der Waals surface area contributed by atoms with E-state index in [9.17, 15) is 0 Å². The maximum atomic E-state index is 6.51. The molecule has 58 heavy (non-hydrogen) atoms. The predicted octanol–water partition coefficient (Wildman–Crippen LogP) is 13.8. The summed E-state index contributed by atoms with van der Waals surface area (Å²) in [7, 11) is 0.833. The van der Waals surface area contributed by atoms with E-state index in [-0.39, 0.29) is 5.41 Å². The highest BCUT2D eigenvalue weighted by Gasteiger charge is 2.29. The molecule has 5 heterocycles. The quantitative estimate of drug-likeness (QED) is 0.181. The molecule has 1 aliphatic rings. The van der Waals surface area contributed by atoms with Crippen molar-refractivity contribution in [2.24, 2.45) is 0 Å². The zero-order valence-corrected chi connectivity index (χ0v) is 33.9. The summed E-state index contributed by atoms with van der Waals surface area (Å²) in [4.78, 5) is 0. The minimum atomic E-state index is 0.0856. The first-order valence-corrected chi connectivity index (χ1v) is 21.7. The van der Waals surface area contributed by atoms with Crippen LogP contribution in [0.4, 0.5) is 11.4 Å². The number of para-hydroxylation sites is 1. The highest BCUT2D eigenvalue weighted by atomic mass is 32.1. The summed E-state index contributed by atoms with van der Waals surface area (Å²) in [6, 6.07) is 54.2. The van der Waals surface area contributed by atoms with Crippen LogP contribution in [0, 0.1) is 0 Å². The zero-order valence-electron chi connectivity index (χ0n) is 32.2. The topological polar surface area (TPSA) is 30.1 Å². The number of hydrogen-bond acceptors (Lipinski definition) is 4. The fourth-order valence-corrected chi connectivity index (χ4v) is 12.1. The molecule has 12 aromatic rings. The van der Waals surface area contributed by atoms with Gasteiger partial charge >= 0.3 is 0 Å². The molecule has 0 saturated carbocycles. The van der Waals surface area contributed by atoms with Crippen molar-refractivity contribution in [2.75, 3.05) is 5.32 Å². The number of nitrogens with one attached hydrogen (secondary N) is 1. The van der Waals surface area contributed by atoms with E-state index in [2.05, 4.69) is 176 Å². The van der Waals surface area contributed by atoms with Crippen LogP contribution in [0.25, 0.3) is 101 Å². The molecule has 1 N–H and O–H groups in total. The molecule has 0 fully saturated rings. The van der Waals surface area contributed by atoms with Crippen LogP contribution in [-0.4, -0.2) is 11.8 Å². The Morgan fingerprint density at radius 3 is 2.00 bits per heavy atom. The van der Waals surface area contributed by atoms with Gasteiger partial charge in [0.05, 0.1) is 5.52 Å². The number of anilines is 2. The fraction of sp³-hybridized carbons (Fsp3) is 0.0769. The van der Waals surface area contributed by atoms with Crippen molar-refractivity contribution < 1.29 is 4.42 Å². The maximum Gasteiger partial charge on any atom is 0.198 e. The van der Waals surface area contributed by atoms with E-state index in [0.29, 0.717) is 0 Å². The van der Waals surface area contributed by atoms with Crippen molar-refractivity contribution in [3.05, 3.63) is 151 Å². The third-order valence-corrected chi connectivity index (χ3v) is 14.8. The third kappa shape index (κ3) is 4.56. The fourth-order valence-electron chi connectivity index (χ4n) is 9.81. The summed E-state index contributed by atoms with van der Waals surface area (Å²) >= 11 is 3.77. The Morgan fingerprint density at radius 2 is 1.24 bits per heavy atom. The lowest BCUT2D eigenvalue weighted by Gasteiger charge is -2.24. The Bertz CT molecular complexity index is 3720. The number of benzene rings is 8. The average Bonchev–Trinajstić information content (AvgIpc) is 3.99. The summed E-state index contributed by atoms with van der Waals surface area (Å²) < 4.78 is 14.3. The van der Waals surface area contributed by atoms with Gasteiger partial charge in [-0.3, -0.25) is 0 Å². The van der Waals surface area contributed by atoms with E-state index in [1.807, 2.05) is 22.7 Å². The SMILES string of the molecule is CC(C)(C)c1ccc(Nc2cc3sc4ccccc4c3cc2-c2ccc3c4c5c(ccc4n4c3c2Bc2cc3sc6ccccc6c3cc2-4)oc2ccccc25)cc1. The number of aromatic nitrogens is 1. The summed E-state index contributed by atoms with van der Waals surface area (Å²) in [5.41, 5.74) is 14.4. The molecular formula is C52H35BN2OS2. The summed E-state index contributed by atoms with van der Waals surface area (Å²) in [5.74, 6) is 0. The number of hydrogen-bond donors (Lipinski definition) is 1. The van der Waals surface area contributed by atoms with E-state index in [4.69, 9.17) is 4.42 Å². The van der Waals surface area contributed by atoms with Crippen LogP contribution in [0.1, 0.15) is 26.3 Å². The molecule has 0 amide bonds. The summed E-state index contributed by atoms with van der Waals surface area (Å²) in [6.07, 6.45) is 0. The molecule has 0 saturated heterocycles. The Labute approximate surface area is 343 Å². The number of fused-ring (bicyclic) bond motifs is 15. The molecule has 0 radical (unpaired) electrons. The second kappa shape index (κ2) is 11.6. The van der Waals surface area contributed by atoms with Crippen LogP contribution < -0.4 is 16.2 Å². The first-order chi connectivity index (χ1) is 28.4. The zero-order chi connectivity index (χ0) is 38.4. The van der Waals surface area contributed by atoms with Gasteiger partial charge in [0, 0.05) is 90.0 Å². The van der Waals surface area contributed by atoms with Gasteiger partial charge in [-0.15, -0.1) is 22.7 Å². The number of thiophene rings is 2. The van der Waals surface area contributed by atoms with Crippen LogP contribution in [0.3, 0.4) is 0 Å². The van der Waals surface area contributed by atoms with Crippen molar-refractivity contribution >= 4 is 136 Å². The van der Waals surface area contributed by atoms with Crippen molar-refractivity contribution in [2.45, 2.75) is 26.2 Å². The first-order valence-electron chi connectivity index (χ1n) is 20.0. The molecule has 0 unspecified atom stereocenters. The molecule has 3 nitrogen and oxygen atoms in total. The second-order valence-corrected chi connectivity index (χ2v) is 19.1. The van der Waals surface area contributed by atoms with E-state index in [1.54, 1.807) is 0 Å². The van der Waals surface area contributed by atoms with Gasteiger partial charge in [0.2, 0.25) is 0 Å². The molecule has 0 aliphatic carbocycles. The first kappa shape index (κ1) is 32.7. The van der Waals surface area contributed by atoms with E-state index >= 15 is 0 Å². The molecule has 6 heteroatoms. The summed E-state index contributed by atoms with van der Waals surface area (Å²) in [5, 5.41) is 14.0. The number of nitrogens with zero attached hydrogens (tertiary/aromatic N) is 1. The second-order valence-electron chi connectivity index (χ2n) is 17.0. The van der Waals surface area contributed by atoms with E-state index < -0.39 is 0 Å². The number of rotatable bonds is 3. The molecule has 0 spiro atoms. The lowest BCUT2D eigenvalue weighted by Crippen LogP contribution is -2.37. The molecule has 13 rings (SSSR count). The van der Waals surface area contributed by atoms with Crippen LogP contribution in [-0.2, 0) is 5.41 Å². The van der Waals surface area contributed by atoms with Gasteiger partial charge in [-0.1, -0.05) is 105 Å². The molecule has 0 bridgehead atoms. The van der Waals surface area contributed by atoms with E-state index in [1.165, 1.54) is 101 Å². The van der Waals surface area contributed by atoms with Gasteiger partial charge in [0.1, 0.15) is 11.2 Å². The monoisotopic (exact) mass is 778 g/mol. The Kier molecular flexibility index (Phi) is 6.56. The predicted molar refractivity (Wildman–Crippen MR) is 254 cm³/mol. The van der Waals surface area contributed by atoms with Crippen LogP contribution in [0.2, 0.25) is 0 Å².